The van der Waals surface area contributed by atoms with Crippen molar-refractivity contribution >= 4 is 23.8 Å². The molecule has 0 radical (unpaired) electrons. The summed E-state index contributed by atoms with van der Waals surface area (Å²) in [7, 11) is 1.08. The molecule has 1 atom stereocenters. The van der Waals surface area contributed by atoms with Gasteiger partial charge in [-0.05, 0) is 39.5 Å². The minimum Gasteiger partial charge on any atom is -0.550 e. The van der Waals surface area contributed by atoms with Gasteiger partial charge in [0.2, 0.25) is 11.8 Å². The van der Waals surface area contributed by atoms with Crippen LogP contribution in [0.4, 0.5) is 0 Å². The summed E-state index contributed by atoms with van der Waals surface area (Å²) in [6, 6.07) is -1.51. The molecule has 0 aliphatic carbocycles. The number of aliphatic carboxylic acids is 1. The van der Waals surface area contributed by atoms with Crippen LogP contribution in [0.2, 0.25) is 0 Å². The van der Waals surface area contributed by atoms with Crippen molar-refractivity contribution in [2.45, 2.75) is 64.8 Å². The smallest absolute Gasteiger partial charge is 0.550 e. The Bertz CT molecular complexity index is 514. The Morgan fingerprint density at radius 1 is 0.963 bits per heavy atom. The molecule has 0 saturated carbocycles. The number of unbranched alkanes of at least 4 members (excludes halogenated alkanes) is 2. The molecule has 0 heterocycles. The van der Waals surface area contributed by atoms with E-state index < -0.39 is 36.2 Å². The largest absolute Gasteiger partial charge is 1.00 e. The number of methoxy groups -OCH3 is 1. The number of ether oxygens (including phenoxy) is 1. The van der Waals surface area contributed by atoms with Crippen LogP contribution >= 0.6 is 0 Å². The Labute approximate surface area is 183 Å². The molecule has 8 heteroatoms. The second kappa shape index (κ2) is 16.7. The van der Waals surface area contributed by atoms with Gasteiger partial charge in [0.05, 0.1) is 7.11 Å². The van der Waals surface area contributed by atoms with Crippen LogP contribution in [0, 0.1) is 0 Å². The monoisotopic (exact) mass is 389 g/mol. The Balaban J connectivity index is 0. The Hall–Kier alpha value is -1.44. The third kappa shape index (κ3) is 11.8. The number of nitrogens with zero attached hydrogens (tertiary/aromatic N) is 1. The summed E-state index contributed by atoms with van der Waals surface area (Å²) < 4.78 is 4.58. The zero-order valence-electron chi connectivity index (χ0n) is 16.7. The van der Waals surface area contributed by atoms with E-state index >= 15 is 0 Å². The van der Waals surface area contributed by atoms with E-state index in [1.54, 1.807) is 0 Å². The molecule has 0 aromatic rings. The van der Waals surface area contributed by atoms with Crippen LogP contribution in [0.5, 0.6) is 0 Å². The third-order valence-corrected chi connectivity index (χ3v) is 3.68. The average Bonchev–Trinajstić information content (AvgIpc) is 2.60. The third-order valence-electron chi connectivity index (χ3n) is 3.68. The summed E-state index contributed by atoms with van der Waals surface area (Å²) in [6.07, 6.45) is 9.03. The van der Waals surface area contributed by atoms with Crippen LogP contribution in [0.25, 0.3) is 0 Å². The number of carboxylic acid groups (broad SMARTS) is 1. The van der Waals surface area contributed by atoms with Crippen molar-refractivity contribution in [2.75, 3.05) is 7.11 Å². The zero-order chi connectivity index (χ0) is 19.9. The van der Waals surface area contributed by atoms with E-state index in [-0.39, 0.29) is 42.4 Å². The first-order valence-electron chi connectivity index (χ1n) is 8.73. The molecule has 0 saturated heterocycles. The molecule has 0 aliphatic rings. The predicted octanol–water partition coefficient (Wildman–Crippen LogP) is -1.48. The maximum atomic E-state index is 12.5. The number of carbonyl (C=O) groups is 4. The van der Waals surface area contributed by atoms with E-state index in [1.165, 1.54) is 0 Å². The summed E-state index contributed by atoms with van der Waals surface area (Å²) >= 11 is 0. The molecule has 2 amide bonds. The molecule has 0 aromatic heterocycles. The molecule has 27 heavy (non-hydrogen) atoms. The molecule has 0 aromatic carbocycles. The first kappa shape index (κ1) is 27.8. The molecule has 146 valence electrons. The molecule has 0 aliphatic heterocycles. The fraction of sp³-hybridized carbons (Fsp3) is 0.579. The van der Waals surface area contributed by atoms with Crippen molar-refractivity contribution in [3.05, 3.63) is 24.3 Å². The number of imide groups is 1. The number of esters is 1. The van der Waals surface area contributed by atoms with Gasteiger partial charge in [-0.2, -0.15) is 0 Å². The maximum Gasteiger partial charge on any atom is 1.00 e. The summed E-state index contributed by atoms with van der Waals surface area (Å²) in [6.45, 7) is 3.71. The Kier molecular flexibility index (Phi) is 17.2. The average molecular weight is 389 g/mol. The molecular formula is C19H28NNaO6. The molecule has 1 unspecified atom stereocenters. The molecular weight excluding hydrogens is 361 g/mol. The summed E-state index contributed by atoms with van der Waals surface area (Å²) in [5, 5.41) is 11.0. The minimum absolute atomic E-state index is 0. The first-order chi connectivity index (χ1) is 12.4. The van der Waals surface area contributed by atoms with E-state index in [4.69, 9.17) is 0 Å². The standard InChI is InChI=1S/C19H29NO6.Na/c1-4-6-8-10-12-16(21)20(17(22)13-11-9-7-5-2)15(14-18(23)24)19(25)26-3;/h4-7,15H,8-14H2,1-3H3,(H,23,24);/q;+1/p-1/b6-4+,7-5+;. The fourth-order valence-corrected chi connectivity index (χ4v) is 2.38. The second-order valence-electron chi connectivity index (χ2n) is 5.70. The van der Waals surface area contributed by atoms with Gasteiger partial charge in [0.15, 0.2) is 0 Å². The molecule has 0 spiro atoms. The van der Waals surface area contributed by atoms with Gasteiger partial charge in [-0.1, -0.05) is 24.3 Å². The number of carbonyl (C=O) groups excluding carboxylic acids is 4. The van der Waals surface area contributed by atoms with Gasteiger partial charge in [0.1, 0.15) is 6.04 Å². The summed E-state index contributed by atoms with van der Waals surface area (Å²) in [4.78, 5) is 48.8. The van der Waals surface area contributed by atoms with Gasteiger partial charge in [-0.15, -0.1) is 0 Å². The van der Waals surface area contributed by atoms with E-state index in [0.717, 1.165) is 12.0 Å². The van der Waals surface area contributed by atoms with Gasteiger partial charge >= 0.3 is 35.5 Å². The van der Waals surface area contributed by atoms with Crippen molar-refractivity contribution in [3.8, 4) is 0 Å². The van der Waals surface area contributed by atoms with Gasteiger partial charge in [-0.25, -0.2) is 4.79 Å². The van der Waals surface area contributed by atoms with E-state index in [2.05, 4.69) is 4.74 Å². The zero-order valence-corrected chi connectivity index (χ0v) is 18.7. The molecule has 0 fully saturated rings. The number of allylic oxidation sites excluding steroid dienone is 4. The number of hydrogen-bond acceptors (Lipinski definition) is 6. The predicted molar refractivity (Wildman–Crippen MR) is 94.6 cm³/mol. The first-order valence-corrected chi connectivity index (χ1v) is 8.73. The summed E-state index contributed by atoms with van der Waals surface area (Å²) in [5.41, 5.74) is 0. The van der Waals surface area contributed by atoms with Crippen molar-refractivity contribution < 1.29 is 58.6 Å². The van der Waals surface area contributed by atoms with Crippen molar-refractivity contribution in [1.82, 2.24) is 4.90 Å². The Morgan fingerprint density at radius 3 is 1.74 bits per heavy atom. The van der Waals surface area contributed by atoms with Crippen LogP contribution in [0.3, 0.4) is 0 Å². The summed E-state index contributed by atoms with van der Waals surface area (Å²) in [5.74, 6) is -3.64. The normalized spacial score (nSPS) is 11.8. The van der Waals surface area contributed by atoms with Crippen molar-refractivity contribution in [3.63, 3.8) is 0 Å². The van der Waals surface area contributed by atoms with E-state index in [0.29, 0.717) is 25.7 Å². The van der Waals surface area contributed by atoms with Crippen LogP contribution in [0.15, 0.2) is 24.3 Å². The van der Waals surface area contributed by atoms with Gasteiger partial charge in [0, 0.05) is 25.2 Å². The molecule has 0 rings (SSSR count). The Morgan fingerprint density at radius 2 is 1.41 bits per heavy atom. The van der Waals surface area contributed by atoms with Gasteiger partial charge in [-0.3, -0.25) is 14.5 Å². The van der Waals surface area contributed by atoms with E-state index in [9.17, 15) is 24.3 Å². The number of hydrogen-bond donors (Lipinski definition) is 0. The fourth-order valence-electron chi connectivity index (χ4n) is 2.38. The van der Waals surface area contributed by atoms with Gasteiger partial charge < -0.3 is 14.6 Å². The topological polar surface area (TPSA) is 104 Å². The van der Waals surface area contributed by atoms with Crippen LogP contribution in [0.1, 0.15) is 58.8 Å². The van der Waals surface area contributed by atoms with Crippen LogP contribution < -0.4 is 34.7 Å². The SMILES string of the molecule is C/C=C/CCCC(=O)N(C(=O)CCC/C=C/C)C(CC(=O)[O-])C(=O)OC.[Na+]. The van der Waals surface area contributed by atoms with Crippen molar-refractivity contribution in [1.29, 1.82) is 0 Å². The number of rotatable bonds is 12. The van der Waals surface area contributed by atoms with Gasteiger partial charge in [0.25, 0.3) is 0 Å². The molecule has 7 nitrogen and oxygen atoms in total. The quantitative estimate of drug-likeness (QED) is 0.175. The number of amides is 2. The van der Waals surface area contributed by atoms with Crippen LogP contribution in [-0.2, 0) is 23.9 Å². The second-order valence-corrected chi connectivity index (χ2v) is 5.70. The van der Waals surface area contributed by atoms with Crippen LogP contribution in [-0.4, -0.2) is 41.8 Å². The minimum atomic E-state index is -1.53. The van der Waals surface area contributed by atoms with E-state index in [1.807, 2.05) is 38.2 Å². The number of carboxylic acids is 1. The molecule has 0 N–H and O–H groups in total. The molecule has 0 bridgehead atoms. The maximum absolute atomic E-state index is 12.5. The van der Waals surface area contributed by atoms with Crippen molar-refractivity contribution in [2.24, 2.45) is 0 Å².